The Morgan fingerprint density at radius 3 is 2.88 bits per heavy atom. The Bertz CT molecular complexity index is 915. The summed E-state index contributed by atoms with van der Waals surface area (Å²) in [6, 6.07) is 17.0. The van der Waals surface area contributed by atoms with Gasteiger partial charge in [0.15, 0.2) is 0 Å². The van der Waals surface area contributed by atoms with Crippen molar-refractivity contribution in [3.8, 4) is 0 Å². The zero-order chi connectivity index (χ0) is 16.7. The molecule has 1 N–H and O–H groups in total. The number of carboxylic acids is 1. The highest BCUT2D eigenvalue weighted by Gasteiger charge is 2.30. The molecular weight excluding hydrogens is 318 g/mol. The number of aliphatic carboxylic acids is 1. The smallest absolute Gasteiger partial charge is 0.304 e. The summed E-state index contributed by atoms with van der Waals surface area (Å²) in [5.74, 6) is -0.694. The van der Waals surface area contributed by atoms with E-state index in [9.17, 15) is 9.90 Å². The minimum absolute atomic E-state index is 0.0445. The molecule has 0 saturated heterocycles. The maximum atomic E-state index is 11.2. The maximum Gasteiger partial charge on any atom is 0.304 e. The van der Waals surface area contributed by atoms with Crippen molar-refractivity contribution in [3.05, 3.63) is 59.0 Å². The molecule has 122 valence electrons. The monoisotopic (exact) mass is 337 g/mol. The molecule has 1 unspecified atom stereocenters. The summed E-state index contributed by atoms with van der Waals surface area (Å²) >= 11 is 1.85. The van der Waals surface area contributed by atoms with E-state index in [0.29, 0.717) is 0 Å². The number of carbonyl (C=O) groups is 1. The Labute approximate surface area is 145 Å². The SMILES string of the molecule is CCc1cc2cc(N3CC(CC(=O)O)c4ccccc43)ccc2s1. The number of rotatable bonds is 4. The van der Waals surface area contributed by atoms with Crippen molar-refractivity contribution < 1.29 is 9.90 Å². The van der Waals surface area contributed by atoms with Gasteiger partial charge in [-0.05, 0) is 47.7 Å². The van der Waals surface area contributed by atoms with Crippen LogP contribution in [0.2, 0.25) is 0 Å². The molecule has 1 atom stereocenters. The first kappa shape index (κ1) is 15.2. The van der Waals surface area contributed by atoms with Crippen LogP contribution >= 0.6 is 11.3 Å². The van der Waals surface area contributed by atoms with E-state index in [-0.39, 0.29) is 12.3 Å². The van der Waals surface area contributed by atoms with Gasteiger partial charge in [-0.2, -0.15) is 0 Å². The predicted molar refractivity (Wildman–Crippen MR) is 99.6 cm³/mol. The van der Waals surface area contributed by atoms with Crippen molar-refractivity contribution in [2.45, 2.75) is 25.7 Å². The first-order valence-corrected chi connectivity index (χ1v) is 9.08. The van der Waals surface area contributed by atoms with Crippen LogP contribution in [0.25, 0.3) is 10.1 Å². The van der Waals surface area contributed by atoms with Gasteiger partial charge in [-0.25, -0.2) is 0 Å². The number of aryl methyl sites for hydroxylation is 1. The lowest BCUT2D eigenvalue weighted by molar-refractivity contribution is -0.137. The van der Waals surface area contributed by atoms with Gasteiger partial charge in [0.1, 0.15) is 0 Å². The number of hydrogen-bond acceptors (Lipinski definition) is 3. The summed E-state index contributed by atoms with van der Waals surface area (Å²) in [7, 11) is 0. The third-order valence-corrected chi connectivity index (χ3v) is 5.96. The molecule has 1 aromatic heterocycles. The topological polar surface area (TPSA) is 40.5 Å². The van der Waals surface area contributed by atoms with Crippen LogP contribution < -0.4 is 4.90 Å². The molecule has 2 heterocycles. The van der Waals surface area contributed by atoms with Crippen molar-refractivity contribution in [3.63, 3.8) is 0 Å². The van der Waals surface area contributed by atoms with Crippen LogP contribution in [-0.4, -0.2) is 17.6 Å². The molecule has 0 amide bonds. The molecule has 0 spiro atoms. The van der Waals surface area contributed by atoms with Gasteiger partial charge < -0.3 is 10.0 Å². The lowest BCUT2D eigenvalue weighted by Crippen LogP contribution is -2.17. The highest BCUT2D eigenvalue weighted by molar-refractivity contribution is 7.19. The largest absolute Gasteiger partial charge is 0.481 e. The van der Waals surface area contributed by atoms with E-state index in [1.165, 1.54) is 15.0 Å². The van der Waals surface area contributed by atoms with Crippen LogP contribution in [0, 0.1) is 0 Å². The van der Waals surface area contributed by atoms with E-state index in [1.54, 1.807) is 0 Å². The van der Waals surface area contributed by atoms with Gasteiger partial charge in [0.25, 0.3) is 0 Å². The van der Waals surface area contributed by atoms with Crippen molar-refractivity contribution in [2.24, 2.45) is 0 Å². The van der Waals surface area contributed by atoms with Crippen LogP contribution in [-0.2, 0) is 11.2 Å². The molecule has 4 heteroatoms. The number of thiophene rings is 1. The van der Waals surface area contributed by atoms with Gasteiger partial charge in [0.2, 0.25) is 0 Å². The highest BCUT2D eigenvalue weighted by atomic mass is 32.1. The third-order valence-electron chi connectivity index (χ3n) is 4.70. The quantitative estimate of drug-likeness (QED) is 0.713. The number of fused-ring (bicyclic) bond motifs is 2. The Balaban J connectivity index is 1.75. The van der Waals surface area contributed by atoms with Gasteiger partial charge in [-0.1, -0.05) is 25.1 Å². The molecule has 0 aliphatic carbocycles. The molecule has 3 nitrogen and oxygen atoms in total. The van der Waals surface area contributed by atoms with E-state index in [1.807, 2.05) is 23.5 Å². The molecule has 4 rings (SSSR count). The molecule has 0 bridgehead atoms. The summed E-state index contributed by atoms with van der Waals surface area (Å²) < 4.78 is 1.31. The molecule has 0 radical (unpaired) electrons. The zero-order valence-electron chi connectivity index (χ0n) is 13.5. The molecule has 1 aliphatic heterocycles. The summed E-state index contributed by atoms with van der Waals surface area (Å²) in [5.41, 5.74) is 3.41. The summed E-state index contributed by atoms with van der Waals surface area (Å²) in [5, 5.41) is 10.5. The van der Waals surface area contributed by atoms with Gasteiger partial charge in [-0.15, -0.1) is 11.3 Å². The molecule has 0 saturated carbocycles. The second-order valence-electron chi connectivity index (χ2n) is 6.25. The van der Waals surface area contributed by atoms with Crippen LogP contribution in [0.4, 0.5) is 11.4 Å². The lowest BCUT2D eigenvalue weighted by atomic mass is 9.98. The molecule has 24 heavy (non-hydrogen) atoms. The summed E-state index contributed by atoms with van der Waals surface area (Å²) in [6.45, 7) is 2.90. The number of para-hydroxylation sites is 1. The first-order valence-electron chi connectivity index (χ1n) is 8.26. The Kier molecular flexibility index (Phi) is 3.77. The van der Waals surface area contributed by atoms with Crippen molar-refractivity contribution in [1.29, 1.82) is 0 Å². The van der Waals surface area contributed by atoms with E-state index in [4.69, 9.17) is 0 Å². The van der Waals surface area contributed by atoms with Crippen LogP contribution in [0.3, 0.4) is 0 Å². The standard InChI is InChI=1S/C20H19NO2S/c1-2-16-10-13-9-15(7-8-19(13)24-16)21-12-14(11-20(22)23)17-5-3-4-6-18(17)21/h3-10,14H,2,11-12H2,1H3,(H,22,23). The first-order chi connectivity index (χ1) is 11.7. The Hall–Kier alpha value is -2.33. The van der Waals surface area contributed by atoms with Gasteiger partial charge in [0.05, 0.1) is 6.42 Å². The average molecular weight is 337 g/mol. The third kappa shape index (κ3) is 2.57. The number of anilines is 2. The number of benzene rings is 2. The molecule has 0 fully saturated rings. The summed E-state index contributed by atoms with van der Waals surface area (Å²) in [4.78, 5) is 14.9. The zero-order valence-corrected chi connectivity index (χ0v) is 14.3. The van der Waals surface area contributed by atoms with E-state index >= 15 is 0 Å². The van der Waals surface area contributed by atoms with Gasteiger partial charge in [0, 0.05) is 33.4 Å². The van der Waals surface area contributed by atoms with Crippen molar-refractivity contribution >= 4 is 38.8 Å². The fourth-order valence-corrected chi connectivity index (χ4v) is 4.54. The normalized spacial score (nSPS) is 16.5. The van der Waals surface area contributed by atoms with Crippen molar-refractivity contribution in [1.82, 2.24) is 0 Å². The number of carboxylic acid groups (broad SMARTS) is 1. The highest BCUT2D eigenvalue weighted by Crippen LogP contribution is 2.43. The van der Waals surface area contributed by atoms with Crippen LogP contribution in [0.15, 0.2) is 48.5 Å². The molecule has 2 aromatic carbocycles. The summed E-state index contributed by atoms with van der Waals surface area (Å²) in [6.07, 6.45) is 1.23. The predicted octanol–water partition coefficient (Wildman–Crippen LogP) is 5.17. The number of nitrogens with zero attached hydrogens (tertiary/aromatic N) is 1. The molecular formula is C20H19NO2S. The number of hydrogen-bond donors (Lipinski definition) is 1. The fourth-order valence-electron chi connectivity index (χ4n) is 3.55. The second-order valence-corrected chi connectivity index (χ2v) is 7.42. The van der Waals surface area contributed by atoms with Gasteiger partial charge in [-0.3, -0.25) is 4.79 Å². The van der Waals surface area contributed by atoms with E-state index in [0.717, 1.165) is 29.9 Å². The average Bonchev–Trinajstić information content (AvgIpc) is 3.15. The molecule has 1 aliphatic rings. The van der Waals surface area contributed by atoms with Crippen LogP contribution in [0.1, 0.15) is 29.7 Å². The second kappa shape index (κ2) is 5.95. The van der Waals surface area contributed by atoms with Crippen LogP contribution in [0.5, 0.6) is 0 Å². The maximum absolute atomic E-state index is 11.2. The van der Waals surface area contributed by atoms with E-state index < -0.39 is 5.97 Å². The Morgan fingerprint density at radius 2 is 2.08 bits per heavy atom. The Morgan fingerprint density at radius 1 is 1.25 bits per heavy atom. The van der Waals surface area contributed by atoms with Gasteiger partial charge >= 0.3 is 5.97 Å². The fraction of sp³-hybridized carbons (Fsp3) is 0.250. The minimum Gasteiger partial charge on any atom is -0.481 e. The molecule has 3 aromatic rings. The minimum atomic E-state index is -0.738. The van der Waals surface area contributed by atoms with Crippen molar-refractivity contribution in [2.75, 3.05) is 11.4 Å². The van der Waals surface area contributed by atoms with E-state index in [2.05, 4.69) is 48.2 Å². The lowest BCUT2D eigenvalue weighted by Gasteiger charge is -2.20.